The highest BCUT2D eigenvalue weighted by Crippen LogP contribution is 2.35. The number of likely N-dealkylation sites (N-methyl/N-ethyl adjacent to an activating group) is 1. The zero-order chi connectivity index (χ0) is 14.9. The van der Waals surface area contributed by atoms with Gasteiger partial charge in [-0.1, -0.05) is 0 Å². The van der Waals surface area contributed by atoms with Crippen LogP contribution < -0.4 is 15.4 Å². The fourth-order valence-electron chi connectivity index (χ4n) is 2.74. The number of halogens is 1. The topological polar surface area (TPSA) is 62.0 Å². The highest BCUT2D eigenvalue weighted by atomic mass is 19.1. The molecule has 0 saturated carbocycles. The van der Waals surface area contributed by atoms with Crippen LogP contribution in [0, 0.1) is 5.82 Å². The fourth-order valence-corrected chi connectivity index (χ4v) is 2.74. The van der Waals surface area contributed by atoms with E-state index in [4.69, 9.17) is 10.5 Å². The molecule has 0 amide bonds. The first-order valence-electron chi connectivity index (χ1n) is 6.64. The summed E-state index contributed by atoms with van der Waals surface area (Å²) in [6, 6.07) is 3.02. The first kappa shape index (κ1) is 14.9. The molecule has 1 fully saturated rings. The van der Waals surface area contributed by atoms with Crippen LogP contribution in [-0.4, -0.2) is 56.4 Å². The van der Waals surface area contributed by atoms with Gasteiger partial charge in [0.05, 0.1) is 24.6 Å². The lowest BCUT2D eigenvalue weighted by atomic mass is 10.1. The molecule has 0 spiro atoms. The van der Waals surface area contributed by atoms with Crippen molar-refractivity contribution in [1.82, 2.24) is 4.90 Å². The van der Waals surface area contributed by atoms with E-state index in [0.29, 0.717) is 24.3 Å². The van der Waals surface area contributed by atoms with E-state index >= 15 is 0 Å². The van der Waals surface area contributed by atoms with Gasteiger partial charge in [0, 0.05) is 31.3 Å². The third kappa shape index (κ3) is 2.96. The Kier molecular flexibility index (Phi) is 4.35. The lowest BCUT2D eigenvalue weighted by molar-refractivity contribution is 0.191. The molecule has 6 heteroatoms. The minimum atomic E-state index is -0.474. The molecule has 2 rings (SSSR count). The maximum absolute atomic E-state index is 13.6. The summed E-state index contributed by atoms with van der Waals surface area (Å²) in [4.78, 5) is 4.09. The number of benzene rings is 1. The molecule has 1 aliphatic rings. The molecule has 1 aromatic carbocycles. The minimum Gasteiger partial charge on any atom is -0.494 e. The van der Waals surface area contributed by atoms with Gasteiger partial charge in [0.25, 0.3) is 0 Å². The summed E-state index contributed by atoms with van der Waals surface area (Å²) < 4.78 is 18.6. The number of methoxy groups -OCH3 is 1. The summed E-state index contributed by atoms with van der Waals surface area (Å²) in [6.45, 7) is 1.30. The van der Waals surface area contributed by atoms with E-state index in [2.05, 4.69) is 4.90 Å². The second kappa shape index (κ2) is 5.85. The zero-order valence-corrected chi connectivity index (χ0v) is 12.1. The van der Waals surface area contributed by atoms with Gasteiger partial charge in [-0.25, -0.2) is 4.39 Å². The number of rotatable bonds is 4. The first-order valence-corrected chi connectivity index (χ1v) is 6.64. The summed E-state index contributed by atoms with van der Waals surface area (Å²) in [6.07, 6.45) is 0.285. The highest BCUT2D eigenvalue weighted by Gasteiger charge is 2.32. The summed E-state index contributed by atoms with van der Waals surface area (Å²) in [5.41, 5.74) is 7.01. The molecule has 0 bridgehead atoms. The van der Waals surface area contributed by atoms with E-state index in [1.807, 2.05) is 19.0 Å². The molecule has 20 heavy (non-hydrogen) atoms. The van der Waals surface area contributed by atoms with E-state index in [-0.39, 0.29) is 11.8 Å². The Labute approximate surface area is 118 Å². The van der Waals surface area contributed by atoms with Gasteiger partial charge in [-0.05, 0) is 20.5 Å². The largest absolute Gasteiger partial charge is 0.494 e. The van der Waals surface area contributed by atoms with Crippen LogP contribution in [0.1, 0.15) is 6.42 Å². The van der Waals surface area contributed by atoms with Crippen LogP contribution >= 0.6 is 0 Å². The Morgan fingerprint density at radius 3 is 2.80 bits per heavy atom. The van der Waals surface area contributed by atoms with Crippen LogP contribution in [-0.2, 0) is 0 Å². The predicted molar refractivity (Wildman–Crippen MR) is 77.7 cm³/mol. The van der Waals surface area contributed by atoms with Crippen molar-refractivity contribution in [3.8, 4) is 5.75 Å². The standard InChI is InChI=1S/C14H22FN3O2/c1-17(2)7-9-4-10(19)8-18(9)13-6-14(20-3)11(15)5-12(13)16/h5-6,9-10,19H,4,7-8,16H2,1-3H3. The molecule has 1 saturated heterocycles. The molecule has 2 unspecified atom stereocenters. The van der Waals surface area contributed by atoms with Gasteiger partial charge in [0.15, 0.2) is 11.6 Å². The molecule has 1 heterocycles. The zero-order valence-electron chi connectivity index (χ0n) is 12.1. The number of nitrogens with zero attached hydrogens (tertiary/aromatic N) is 2. The summed E-state index contributed by atoms with van der Waals surface area (Å²) in [5.74, 6) is -0.308. The van der Waals surface area contributed by atoms with Crippen molar-refractivity contribution in [2.24, 2.45) is 0 Å². The van der Waals surface area contributed by atoms with Crippen LogP contribution in [0.25, 0.3) is 0 Å². The maximum Gasteiger partial charge on any atom is 0.167 e. The number of nitrogen functional groups attached to an aromatic ring is 1. The average Bonchev–Trinajstić information content (AvgIpc) is 2.69. The number of anilines is 2. The van der Waals surface area contributed by atoms with E-state index in [0.717, 1.165) is 6.54 Å². The molecule has 3 N–H and O–H groups in total. The molecule has 1 aliphatic heterocycles. The Morgan fingerprint density at radius 1 is 1.50 bits per heavy atom. The fraction of sp³-hybridized carbons (Fsp3) is 0.571. The second-order valence-corrected chi connectivity index (χ2v) is 5.50. The van der Waals surface area contributed by atoms with Gasteiger partial charge in [0.1, 0.15) is 0 Å². The Balaban J connectivity index is 2.33. The van der Waals surface area contributed by atoms with Crippen LogP contribution in [0.4, 0.5) is 15.8 Å². The Morgan fingerprint density at radius 2 is 2.20 bits per heavy atom. The summed E-state index contributed by atoms with van der Waals surface area (Å²) in [7, 11) is 5.39. The van der Waals surface area contributed by atoms with Crippen LogP contribution in [0.5, 0.6) is 5.75 Å². The normalized spacial score (nSPS) is 22.6. The van der Waals surface area contributed by atoms with E-state index in [1.165, 1.54) is 13.2 Å². The van der Waals surface area contributed by atoms with Crippen LogP contribution in [0.15, 0.2) is 12.1 Å². The number of hydrogen-bond acceptors (Lipinski definition) is 5. The number of aliphatic hydroxyl groups is 1. The smallest absolute Gasteiger partial charge is 0.167 e. The molecule has 112 valence electrons. The minimum absolute atomic E-state index is 0.150. The number of β-amino-alcohol motifs (C(OH)–C–C–N with tert-alkyl or cyclic N) is 1. The van der Waals surface area contributed by atoms with E-state index < -0.39 is 11.9 Å². The van der Waals surface area contributed by atoms with Crippen molar-refractivity contribution in [3.63, 3.8) is 0 Å². The van der Waals surface area contributed by atoms with Gasteiger partial charge in [-0.15, -0.1) is 0 Å². The van der Waals surface area contributed by atoms with Crippen molar-refractivity contribution in [3.05, 3.63) is 17.9 Å². The van der Waals surface area contributed by atoms with E-state index in [9.17, 15) is 9.50 Å². The van der Waals surface area contributed by atoms with Crippen LogP contribution in [0.2, 0.25) is 0 Å². The predicted octanol–water partition coefficient (Wildman–Crippen LogP) is 0.918. The third-order valence-corrected chi connectivity index (χ3v) is 3.58. The van der Waals surface area contributed by atoms with Crippen molar-refractivity contribution < 1.29 is 14.2 Å². The summed E-state index contributed by atoms with van der Waals surface area (Å²) >= 11 is 0. The molecular weight excluding hydrogens is 261 g/mol. The monoisotopic (exact) mass is 283 g/mol. The van der Waals surface area contributed by atoms with Gasteiger partial charge in [-0.3, -0.25) is 0 Å². The molecular formula is C14H22FN3O2. The first-order chi connectivity index (χ1) is 9.42. The van der Waals surface area contributed by atoms with Gasteiger partial charge >= 0.3 is 0 Å². The number of aliphatic hydroxyl groups excluding tert-OH is 1. The van der Waals surface area contributed by atoms with E-state index in [1.54, 1.807) is 6.07 Å². The van der Waals surface area contributed by atoms with Crippen molar-refractivity contribution >= 4 is 11.4 Å². The maximum atomic E-state index is 13.6. The second-order valence-electron chi connectivity index (χ2n) is 5.50. The lowest BCUT2D eigenvalue weighted by Gasteiger charge is -2.30. The molecule has 2 atom stereocenters. The lowest BCUT2D eigenvalue weighted by Crippen LogP contribution is -2.38. The van der Waals surface area contributed by atoms with Gasteiger partial charge < -0.3 is 25.4 Å². The van der Waals surface area contributed by atoms with Crippen molar-refractivity contribution in [2.75, 3.05) is 44.9 Å². The Hall–Kier alpha value is -1.53. The Bertz CT molecular complexity index is 482. The summed E-state index contributed by atoms with van der Waals surface area (Å²) in [5, 5.41) is 9.91. The van der Waals surface area contributed by atoms with Crippen molar-refractivity contribution in [1.29, 1.82) is 0 Å². The number of hydrogen-bond donors (Lipinski definition) is 2. The molecule has 0 aromatic heterocycles. The highest BCUT2D eigenvalue weighted by molar-refractivity contribution is 5.71. The molecule has 0 aliphatic carbocycles. The SMILES string of the molecule is COc1cc(N2CC(O)CC2CN(C)C)c(N)cc1F. The van der Waals surface area contributed by atoms with Gasteiger partial charge in [-0.2, -0.15) is 0 Å². The van der Waals surface area contributed by atoms with Gasteiger partial charge in [0.2, 0.25) is 0 Å². The number of nitrogens with two attached hydrogens (primary N) is 1. The third-order valence-electron chi connectivity index (χ3n) is 3.58. The number of ether oxygens (including phenoxy) is 1. The molecule has 0 radical (unpaired) electrons. The average molecular weight is 283 g/mol. The molecule has 5 nitrogen and oxygen atoms in total. The van der Waals surface area contributed by atoms with Crippen LogP contribution in [0.3, 0.4) is 0 Å². The van der Waals surface area contributed by atoms with Crippen molar-refractivity contribution in [2.45, 2.75) is 18.6 Å². The quantitative estimate of drug-likeness (QED) is 0.805. The molecule has 1 aromatic rings.